The summed E-state index contributed by atoms with van der Waals surface area (Å²) in [6.07, 6.45) is 1.55. The van der Waals surface area contributed by atoms with Gasteiger partial charge in [0.1, 0.15) is 11.4 Å². The SMILES string of the molecule is C/C=C\[C@H](C)[C@H]1O[C@]1(C)[C@@H](O)[C@@H](CO)C(=O)C1COC(O)(CC)CC1O. The zero-order valence-corrected chi connectivity index (χ0v) is 16.0. The van der Waals surface area contributed by atoms with Gasteiger partial charge in [0.2, 0.25) is 0 Å². The Balaban J connectivity index is 2.07. The first kappa shape index (κ1) is 21.5. The van der Waals surface area contributed by atoms with Crippen LogP contribution in [0, 0.1) is 17.8 Å². The lowest BCUT2D eigenvalue weighted by molar-refractivity contribution is -0.258. The van der Waals surface area contributed by atoms with E-state index in [0.29, 0.717) is 6.42 Å². The number of aliphatic hydroxyl groups is 4. The van der Waals surface area contributed by atoms with Gasteiger partial charge in [-0.2, -0.15) is 0 Å². The van der Waals surface area contributed by atoms with Gasteiger partial charge in [0.05, 0.1) is 43.4 Å². The van der Waals surface area contributed by atoms with Crippen LogP contribution in [0.1, 0.15) is 40.5 Å². The van der Waals surface area contributed by atoms with Crippen molar-refractivity contribution in [2.24, 2.45) is 17.8 Å². The van der Waals surface area contributed by atoms with Crippen molar-refractivity contribution in [2.45, 2.75) is 70.2 Å². The average Bonchev–Trinajstić information content (AvgIpc) is 3.29. The lowest BCUT2D eigenvalue weighted by atomic mass is 9.78. The van der Waals surface area contributed by atoms with Gasteiger partial charge in [-0.1, -0.05) is 26.0 Å². The molecule has 2 rings (SSSR count). The van der Waals surface area contributed by atoms with E-state index in [9.17, 15) is 25.2 Å². The normalized spacial score (nSPS) is 41.0. The predicted molar refractivity (Wildman–Crippen MR) is 94.2 cm³/mol. The number of carbonyl (C=O) groups excluding carboxylic acids is 1. The number of aliphatic hydroxyl groups excluding tert-OH is 3. The molecular weight excluding hydrogens is 340 g/mol. The molecule has 0 aromatic rings. The van der Waals surface area contributed by atoms with Crippen LogP contribution >= 0.6 is 0 Å². The van der Waals surface area contributed by atoms with E-state index in [1.807, 2.05) is 26.0 Å². The van der Waals surface area contributed by atoms with Gasteiger partial charge in [0.15, 0.2) is 5.79 Å². The lowest BCUT2D eigenvalue weighted by Crippen LogP contribution is -2.53. The number of ether oxygens (including phenoxy) is 2. The van der Waals surface area contributed by atoms with Gasteiger partial charge < -0.3 is 29.9 Å². The highest BCUT2D eigenvalue weighted by atomic mass is 16.6. The van der Waals surface area contributed by atoms with E-state index in [2.05, 4.69) is 0 Å². The molecule has 2 heterocycles. The molecule has 0 bridgehead atoms. The van der Waals surface area contributed by atoms with Crippen LogP contribution in [0.15, 0.2) is 12.2 Å². The molecule has 0 aliphatic carbocycles. The summed E-state index contributed by atoms with van der Waals surface area (Å²) in [5.41, 5.74) is -0.924. The largest absolute Gasteiger partial charge is 0.396 e. The molecule has 2 saturated heterocycles. The van der Waals surface area contributed by atoms with Crippen molar-refractivity contribution in [2.75, 3.05) is 13.2 Å². The van der Waals surface area contributed by atoms with Gasteiger partial charge in [-0.05, 0) is 20.3 Å². The molecule has 26 heavy (non-hydrogen) atoms. The first-order valence-electron chi connectivity index (χ1n) is 9.31. The zero-order valence-electron chi connectivity index (χ0n) is 16.0. The van der Waals surface area contributed by atoms with E-state index in [0.717, 1.165) is 0 Å². The molecule has 7 heteroatoms. The Labute approximate surface area is 154 Å². The van der Waals surface area contributed by atoms with Crippen LogP contribution in [0.2, 0.25) is 0 Å². The summed E-state index contributed by atoms with van der Waals surface area (Å²) in [4.78, 5) is 12.8. The fraction of sp³-hybridized carbons (Fsp3) is 0.842. The van der Waals surface area contributed by atoms with Gasteiger partial charge in [-0.25, -0.2) is 0 Å². The highest BCUT2D eigenvalue weighted by Crippen LogP contribution is 2.47. The first-order chi connectivity index (χ1) is 12.1. The molecule has 150 valence electrons. The van der Waals surface area contributed by atoms with Gasteiger partial charge in [-0.3, -0.25) is 4.79 Å². The second-order valence-electron chi connectivity index (χ2n) is 7.73. The number of hydrogen-bond acceptors (Lipinski definition) is 7. The Hall–Kier alpha value is -0.830. The highest BCUT2D eigenvalue weighted by Gasteiger charge is 2.62. The van der Waals surface area contributed by atoms with E-state index in [-0.39, 0.29) is 25.0 Å². The summed E-state index contributed by atoms with van der Waals surface area (Å²) >= 11 is 0. The molecule has 0 saturated carbocycles. The maximum atomic E-state index is 12.8. The summed E-state index contributed by atoms with van der Waals surface area (Å²) in [7, 11) is 0. The molecule has 3 unspecified atom stereocenters. The summed E-state index contributed by atoms with van der Waals surface area (Å²) in [5.74, 6) is -3.83. The minimum atomic E-state index is -1.44. The minimum absolute atomic E-state index is 0.0669. The van der Waals surface area contributed by atoms with Crippen molar-refractivity contribution >= 4 is 5.78 Å². The molecule has 0 aromatic carbocycles. The van der Waals surface area contributed by atoms with Gasteiger partial charge in [-0.15, -0.1) is 0 Å². The van der Waals surface area contributed by atoms with E-state index >= 15 is 0 Å². The van der Waals surface area contributed by atoms with E-state index < -0.39 is 47.8 Å². The fourth-order valence-electron chi connectivity index (χ4n) is 3.93. The van der Waals surface area contributed by atoms with Crippen molar-refractivity contribution in [1.29, 1.82) is 0 Å². The van der Waals surface area contributed by atoms with Gasteiger partial charge >= 0.3 is 0 Å². The van der Waals surface area contributed by atoms with Crippen LogP contribution in [0.4, 0.5) is 0 Å². The Morgan fingerprint density at radius 1 is 1.42 bits per heavy atom. The minimum Gasteiger partial charge on any atom is -0.396 e. The number of epoxide rings is 1. The van der Waals surface area contributed by atoms with Crippen molar-refractivity contribution < 1.29 is 34.7 Å². The first-order valence-corrected chi connectivity index (χ1v) is 9.31. The number of Topliss-reactive ketones (excluding diaryl/α,β-unsaturated/α-hetero) is 1. The molecule has 2 aliphatic rings. The topological polar surface area (TPSA) is 120 Å². The third-order valence-corrected chi connectivity index (χ3v) is 5.83. The standard InChI is InChI=1S/C19H32O7/c1-5-7-11(3)17-18(4,26-17)16(23)12(9-20)15(22)13-10-25-19(24,6-2)8-14(13)21/h5,7,11-14,16-17,20-21,23-24H,6,8-10H2,1-4H3/b7-5-/t11-,12-,13?,14?,16-,17+,18+,19?/m0/s1. The Kier molecular flexibility index (Phi) is 6.64. The quantitative estimate of drug-likeness (QED) is 0.359. The van der Waals surface area contributed by atoms with Crippen molar-refractivity contribution in [3.63, 3.8) is 0 Å². The van der Waals surface area contributed by atoms with Crippen LogP contribution in [0.25, 0.3) is 0 Å². The number of carbonyl (C=O) groups is 1. The highest BCUT2D eigenvalue weighted by molar-refractivity contribution is 5.85. The van der Waals surface area contributed by atoms with Crippen molar-refractivity contribution in [3.05, 3.63) is 12.2 Å². The maximum absolute atomic E-state index is 12.8. The Morgan fingerprint density at radius 3 is 2.58 bits per heavy atom. The summed E-state index contributed by atoms with van der Waals surface area (Å²) in [5, 5.41) is 40.9. The van der Waals surface area contributed by atoms with Crippen LogP contribution in [0.5, 0.6) is 0 Å². The average molecular weight is 372 g/mol. The van der Waals surface area contributed by atoms with E-state index in [4.69, 9.17) is 9.47 Å². The van der Waals surface area contributed by atoms with Crippen molar-refractivity contribution in [1.82, 2.24) is 0 Å². The van der Waals surface area contributed by atoms with E-state index in [1.54, 1.807) is 13.8 Å². The molecule has 2 fully saturated rings. The summed E-state index contributed by atoms with van der Waals surface area (Å²) in [6.45, 7) is 6.61. The molecular formula is C19H32O7. The van der Waals surface area contributed by atoms with Crippen LogP contribution < -0.4 is 0 Å². The van der Waals surface area contributed by atoms with E-state index in [1.165, 1.54) is 0 Å². The van der Waals surface area contributed by atoms with Crippen molar-refractivity contribution in [3.8, 4) is 0 Å². The molecule has 8 atom stereocenters. The molecule has 4 N–H and O–H groups in total. The third kappa shape index (κ3) is 4.03. The molecule has 2 aliphatic heterocycles. The number of hydrogen-bond donors (Lipinski definition) is 4. The fourth-order valence-corrected chi connectivity index (χ4v) is 3.93. The number of rotatable bonds is 8. The zero-order chi connectivity index (χ0) is 19.7. The maximum Gasteiger partial charge on any atom is 0.167 e. The smallest absolute Gasteiger partial charge is 0.167 e. The molecule has 0 amide bonds. The number of allylic oxidation sites excluding steroid dienone is 1. The lowest BCUT2D eigenvalue weighted by Gasteiger charge is -2.39. The molecule has 0 radical (unpaired) electrons. The Morgan fingerprint density at radius 2 is 2.08 bits per heavy atom. The second-order valence-corrected chi connectivity index (χ2v) is 7.73. The second kappa shape index (κ2) is 8.04. The Bertz CT molecular complexity index is 536. The molecule has 0 aromatic heterocycles. The van der Waals surface area contributed by atoms with Crippen LogP contribution in [0.3, 0.4) is 0 Å². The summed E-state index contributed by atoms with van der Waals surface area (Å²) in [6, 6.07) is 0. The van der Waals surface area contributed by atoms with Gasteiger partial charge in [0.25, 0.3) is 0 Å². The van der Waals surface area contributed by atoms with Crippen LogP contribution in [-0.2, 0) is 14.3 Å². The third-order valence-electron chi connectivity index (χ3n) is 5.83. The summed E-state index contributed by atoms with van der Waals surface area (Å²) < 4.78 is 11.0. The molecule has 0 spiro atoms. The predicted octanol–water partition coefficient (Wildman–Crippen LogP) is 0.391. The van der Waals surface area contributed by atoms with Crippen LogP contribution in [-0.4, -0.2) is 69.1 Å². The number of ketones is 1. The molecule has 7 nitrogen and oxygen atoms in total. The van der Waals surface area contributed by atoms with Gasteiger partial charge in [0, 0.05) is 12.3 Å². The monoisotopic (exact) mass is 372 g/mol.